The number of nitrogens with zero attached hydrogens (tertiary/aromatic N) is 2. The van der Waals surface area contributed by atoms with Crippen molar-refractivity contribution < 1.29 is 4.79 Å². The van der Waals surface area contributed by atoms with Crippen molar-refractivity contribution >= 4 is 22.4 Å². The molecule has 0 bridgehead atoms. The lowest BCUT2D eigenvalue weighted by molar-refractivity contribution is -0.125. The molecule has 1 amide bonds. The van der Waals surface area contributed by atoms with E-state index in [2.05, 4.69) is 29.0 Å². The minimum Gasteiger partial charge on any atom is -0.356 e. The molecule has 1 fully saturated rings. The van der Waals surface area contributed by atoms with Crippen molar-refractivity contribution in [2.45, 2.75) is 46.0 Å². The van der Waals surface area contributed by atoms with Gasteiger partial charge in [0.1, 0.15) is 0 Å². The zero-order chi connectivity index (χ0) is 14.4. The van der Waals surface area contributed by atoms with Crippen LogP contribution in [0.5, 0.6) is 0 Å². The number of unbranched alkanes of at least 4 members (excludes halogenated alkanes) is 2. The summed E-state index contributed by atoms with van der Waals surface area (Å²) >= 11 is 1.74. The highest BCUT2D eigenvalue weighted by Gasteiger charge is 2.25. The van der Waals surface area contributed by atoms with Crippen LogP contribution in [0.4, 0.5) is 5.13 Å². The van der Waals surface area contributed by atoms with E-state index in [9.17, 15) is 4.79 Å². The fourth-order valence-electron chi connectivity index (χ4n) is 2.55. The van der Waals surface area contributed by atoms with E-state index in [0.29, 0.717) is 0 Å². The van der Waals surface area contributed by atoms with Crippen LogP contribution in [0.1, 0.15) is 43.9 Å². The van der Waals surface area contributed by atoms with Gasteiger partial charge in [-0.15, -0.1) is 11.3 Å². The third-order valence-corrected chi connectivity index (χ3v) is 4.80. The van der Waals surface area contributed by atoms with Crippen LogP contribution in [-0.4, -0.2) is 30.5 Å². The molecule has 1 N–H and O–H groups in total. The standard InChI is InChI=1S/C15H25N3OS/c1-3-4-5-8-16-14(19)13-6-9-18(10-7-13)15-17-11-12(2)20-15/h11,13H,3-10H2,1-2H3,(H,16,19). The number of carbonyl (C=O) groups is 1. The predicted molar refractivity (Wildman–Crippen MR) is 84.3 cm³/mol. The molecule has 5 heteroatoms. The van der Waals surface area contributed by atoms with Crippen molar-refractivity contribution in [3.63, 3.8) is 0 Å². The van der Waals surface area contributed by atoms with E-state index in [1.54, 1.807) is 11.3 Å². The first kappa shape index (κ1) is 15.3. The zero-order valence-electron chi connectivity index (χ0n) is 12.5. The largest absolute Gasteiger partial charge is 0.356 e. The first-order valence-electron chi connectivity index (χ1n) is 7.65. The van der Waals surface area contributed by atoms with Crippen LogP contribution in [0, 0.1) is 12.8 Å². The summed E-state index contributed by atoms with van der Waals surface area (Å²) in [4.78, 5) is 20.0. The number of carbonyl (C=O) groups excluding carboxylic acids is 1. The third-order valence-electron chi connectivity index (χ3n) is 3.82. The van der Waals surface area contributed by atoms with Crippen molar-refractivity contribution in [1.82, 2.24) is 10.3 Å². The lowest BCUT2D eigenvalue weighted by Gasteiger charge is -2.31. The van der Waals surface area contributed by atoms with Crippen molar-refractivity contribution in [3.05, 3.63) is 11.1 Å². The molecule has 4 nitrogen and oxygen atoms in total. The van der Waals surface area contributed by atoms with Gasteiger partial charge in [0.05, 0.1) is 0 Å². The number of anilines is 1. The van der Waals surface area contributed by atoms with Gasteiger partial charge in [0.15, 0.2) is 5.13 Å². The SMILES string of the molecule is CCCCCNC(=O)C1CCN(c2ncc(C)s2)CC1. The Labute approximate surface area is 125 Å². The number of hydrogen-bond donors (Lipinski definition) is 1. The van der Waals surface area contributed by atoms with Crippen molar-refractivity contribution in [1.29, 1.82) is 0 Å². The van der Waals surface area contributed by atoms with Gasteiger partial charge in [-0.05, 0) is 26.2 Å². The highest BCUT2D eigenvalue weighted by Crippen LogP contribution is 2.26. The van der Waals surface area contributed by atoms with E-state index in [4.69, 9.17) is 0 Å². The number of piperidine rings is 1. The highest BCUT2D eigenvalue weighted by molar-refractivity contribution is 7.15. The maximum Gasteiger partial charge on any atom is 0.223 e. The van der Waals surface area contributed by atoms with Crippen molar-refractivity contribution in [2.24, 2.45) is 5.92 Å². The predicted octanol–water partition coefficient (Wildman–Crippen LogP) is 2.97. The van der Waals surface area contributed by atoms with E-state index >= 15 is 0 Å². The third kappa shape index (κ3) is 4.20. The molecule has 2 heterocycles. The Hall–Kier alpha value is -1.10. The number of aryl methyl sites for hydroxylation is 1. The van der Waals surface area contributed by atoms with Gasteiger partial charge in [-0.25, -0.2) is 4.98 Å². The first-order valence-corrected chi connectivity index (χ1v) is 8.47. The molecule has 20 heavy (non-hydrogen) atoms. The molecular weight excluding hydrogens is 270 g/mol. The lowest BCUT2D eigenvalue weighted by Crippen LogP contribution is -2.40. The van der Waals surface area contributed by atoms with Crippen molar-refractivity contribution in [2.75, 3.05) is 24.5 Å². The van der Waals surface area contributed by atoms with E-state index in [-0.39, 0.29) is 11.8 Å². The Morgan fingerprint density at radius 3 is 2.80 bits per heavy atom. The maximum absolute atomic E-state index is 12.1. The maximum atomic E-state index is 12.1. The highest BCUT2D eigenvalue weighted by atomic mass is 32.1. The van der Waals surface area contributed by atoms with Gasteiger partial charge in [-0.3, -0.25) is 4.79 Å². The van der Waals surface area contributed by atoms with Gasteiger partial charge >= 0.3 is 0 Å². The molecule has 1 aromatic heterocycles. The molecule has 0 saturated carbocycles. The molecule has 0 radical (unpaired) electrons. The van der Waals surface area contributed by atoms with E-state index < -0.39 is 0 Å². The van der Waals surface area contributed by atoms with Gasteiger partial charge < -0.3 is 10.2 Å². The van der Waals surface area contributed by atoms with Crippen LogP contribution < -0.4 is 10.2 Å². The Balaban J connectivity index is 1.72. The van der Waals surface area contributed by atoms with E-state index in [0.717, 1.165) is 44.0 Å². The number of aromatic nitrogens is 1. The number of rotatable bonds is 6. The average molecular weight is 295 g/mol. The lowest BCUT2D eigenvalue weighted by atomic mass is 9.96. The second kappa shape index (κ2) is 7.62. The minimum atomic E-state index is 0.189. The molecule has 0 atom stereocenters. The first-order chi connectivity index (χ1) is 9.70. The molecule has 112 valence electrons. The Morgan fingerprint density at radius 2 is 2.20 bits per heavy atom. The summed E-state index contributed by atoms with van der Waals surface area (Å²) in [7, 11) is 0. The molecule has 0 aromatic carbocycles. The van der Waals surface area contributed by atoms with Gasteiger partial charge in [-0.1, -0.05) is 19.8 Å². The molecule has 1 aliphatic rings. The zero-order valence-corrected chi connectivity index (χ0v) is 13.3. The van der Waals surface area contributed by atoms with Gasteiger partial charge in [-0.2, -0.15) is 0 Å². The Bertz CT molecular complexity index is 425. The summed E-state index contributed by atoms with van der Waals surface area (Å²) in [6, 6.07) is 0. The van der Waals surface area contributed by atoms with Gasteiger partial charge in [0.2, 0.25) is 5.91 Å². The summed E-state index contributed by atoms with van der Waals surface area (Å²) in [5.74, 6) is 0.435. The van der Waals surface area contributed by atoms with E-state index in [1.807, 2.05) is 6.20 Å². The number of amides is 1. The fraction of sp³-hybridized carbons (Fsp3) is 0.733. The topological polar surface area (TPSA) is 45.2 Å². The average Bonchev–Trinajstić information content (AvgIpc) is 2.90. The Morgan fingerprint density at radius 1 is 1.45 bits per heavy atom. The molecule has 0 aliphatic carbocycles. The van der Waals surface area contributed by atoms with Crippen LogP contribution in [0.25, 0.3) is 0 Å². The Kier molecular flexibility index (Phi) is 5.83. The smallest absolute Gasteiger partial charge is 0.223 e. The molecule has 1 saturated heterocycles. The molecule has 0 spiro atoms. The van der Waals surface area contributed by atoms with Gasteiger partial charge in [0, 0.05) is 36.6 Å². The summed E-state index contributed by atoms with van der Waals surface area (Å²) in [5, 5.41) is 4.18. The number of hydrogen-bond acceptors (Lipinski definition) is 4. The van der Waals surface area contributed by atoms with Crippen LogP contribution in [0.3, 0.4) is 0 Å². The normalized spacial score (nSPS) is 16.4. The summed E-state index contributed by atoms with van der Waals surface area (Å²) in [6.07, 6.45) is 7.30. The number of thiazole rings is 1. The van der Waals surface area contributed by atoms with E-state index in [1.165, 1.54) is 17.7 Å². The number of nitrogens with one attached hydrogen (secondary N) is 1. The van der Waals surface area contributed by atoms with Crippen molar-refractivity contribution in [3.8, 4) is 0 Å². The fourth-order valence-corrected chi connectivity index (χ4v) is 3.36. The second-order valence-electron chi connectivity index (χ2n) is 5.51. The van der Waals surface area contributed by atoms with Crippen LogP contribution >= 0.6 is 11.3 Å². The quantitative estimate of drug-likeness (QED) is 0.821. The summed E-state index contributed by atoms with van der Waals surface area (Å²) in [5.41, 5.74) is 0. The molecular formula is C15H25N3OS. The molecule has 1 aliphatic heterocycles. The minimum absolute atomic E-state index is 0.189. The molecule has 1 aromatic rings. The molecule has 0 unspecified atom stereocenters. The molecule has 2 rings (SSSR count). The van der Waals surface area contributed by atoms with Crippen LogP contribution in [0.15, 0.2) is 6.20 Å². The second-order valence-corrected chi connectivity index (χ2v) is 6.73. The summed E-state index contributed by atoms with van der Waals surface area (Å²) in [6.45, 7) is 6.98. The van der Waals surface area contributed by atoms with Crippen LogP contribution in [-0.2, 0) is 4.79 Å². The van der Waals surface area contributed by atoms with Crippen LogP contribution in [0.2, 0.25) is 0 Å². The monoisotopic (exact) mass is 295 g/mol. The van der Waals surface area contributed by atoms with Gasteiger partial charge in [0.25, 0.3) is 0 Å². The summed E-state index contributed by atoms with van der Waals surface area (Å²) < 4.78 is 0.